The van der Waals surface area contributed by atoms with E-state index in [0.717, 1.165) is 74.0 Å². The molecule has 3 saturated heterocycles. The fraction of sp³-hybridized carbons (Fsp3) is 0.359. The van der Waals surface area contributed by atoms with E-state index in [0.29, 0.717) is 35.3 Å². The molecule has 2 N–H and O–H groups in total. The zero-order chi connectivity index (χ0) is 36.9. The molecule has 2 atom stereocenters. The molecule has 0 radical (unpaired) electrons. The Morgan fingerprint density at radius 1 is 0.870 bits per heavy atom. The van der Waals surface area contributed by atoms with Crippen LogP contribution < -0.4 is 15.1 Å². The summed E-state index contributed by atoms with van der Waals surface area (Å²) in [6.07, 6.45) is 11.1. The lowest BCUT2D eigenvalue weighted by atomic mass is 10.0. The molecule has 2 unspecified atom stereocenters. The number of aromatic nitrogens is 2. The van der Waals surface area contributed by atoms with Crippen LogP contribution in [-0.2, 0) is 14.3 Å². The van der Waals surface area contributed by atoms with E-state index in [-0.39, 0.29) is 30.3 Å². The molecular weight excluding hydrogens is 690 g/mol. The number of piperidine rings is 2. The van der Waals surface area contributed by atoms with Crippen LogP contribution in [0.4, 0.5) is 17.2 Å². The van der Waals surface area contributed by atoms with Crippen molar-refractivity contribution >= 4 is 47.0 Å². The molecule has 1 aromatic heterocycles. The lowest BCUT2D eigenvalue weighted by molar-refractivity contribution is -0.136. The van der Waals surface area contributed by atoms with E-state index in [9.17, 15) is 24.3 Å². The Hall–Kier alpha value is -5.93. The fourth-order valence-corrected chi connectivity index (χ4v) is 8.17. The molecule has 3 aromatic rings. The van der Waals surface area contributed by atoms with Crippen molar-refractivity contribution < 1.29 is 29.0 Å². The Bertz CT molecular complexity index is 2140. The average Bonchev–Trinajstić information content (AvgIpc) is 3.76. The van der Waals surface area contributed by atoms with Gasteiger partial charge in [-0.1, -0.05) is 12.1 Å². The summed E-state index contributed by atoms with van der Waals surface area (Å²) >= 11 is 0. The van der Waals surface area contributed by atoms with Crippen molar-refractivity contribution in [3.8, 4) is 17.0 Å². The summed E-state index contributed by atoms with van der Waals surface area (Å²) in [6.45, 7) is 4.94. The van der Waals surface area contributed by atoms with Gasteiger partial charge < -0.3 is 24.5 Å². The molecule has 6 aliphatic heterocycles. The van der Waals surface area contributed by atoms with E-state index in [4.69, 9.17) is 4.74 Å². The largest absolute Gasteiger partial charge is 0.507 e. The molecule has 276 valence electrons. The van der Waals surface area contributed by atoms with E-state index >= 15 is 0 Å². The Morgan fingerprint density at radius 2 is 1.70 bits per heavy atom. The summed E-state index contributed by atoms with van der Waals surface area (Å²) < 4.78 is 6.34. The van der Waals surface area contributed by atoms with Crippen LogP contribution in [0.3, 0.4) is 0 Å². The number of benzene rings is 2. The highest BCUT2D eigenvalue weighted by molar-refractivity contribution is 6.23. The number of nitrogens with one attached hydrogen (secondary N) is 1. The van der Waals surface area contributed by atoms with Gasteiger partial charge in [-0.3, -0.25) is 34.3 Å². The molecule has 0 saturated carbocycles. The zero-order valence-electron chi connectivity index (χ0n) is 29.5. The van der Waals surface area contributed by atoms with Crippen LogP contribution in [-0.4, -0.2) is 117 Å². The first kappa shape index (κ1) is 33.9. The van der Waals surface area contributed by atoms with E-state index in [1.807, 2.05) is 41.6 Å². The number of imide groups is 2. The number of phenolic OH excluding ortho intramolecular Hbond substituents is 1. The molecule has 0 spiro atoms. The van der Waals surface area contributed by atoms with Gasteiger partial charge in [-0.2, -0.15) is 0 Å². The number of rotatable bonds is 8. The maximum Gasteiger partial charge on any atom is 0.262 e. The predicted molar refractivity (Wildman–Crippen MR) is 198 cm³/mol. The highest BCUT2D eigenvalue weighted by atomic mass is 16.5. The van der Waals surface area contributed by atoms with Crippen LogP contribution >= 0.6 is 0 Å². The summed E-state index contributed by atoms with van der Waals surface area (Å²) in [6, 6.07) is 13.6. The zero-order valence-corrected chi connectivity index (χ0v) is 29.5. The van der Waals surface area contributed by atoms with Crippen molar-refractivity contribution in [3.05, 3.63) is 84.0 Å². The first-order valence-corrected chi connectivity index (χ1v) is 18.4. The molecule has 4 amide bonds. The number of carbonyl (C=O) groups excluding carboxylic acids is 4. The molecule has 54 heavy (non-hydrogen) atoms. The highest BCUT2D eigenvalue weighted by Crippen LogP contribution is 2.38. The third-order valence-corrected chi connectivity index (χ3v) is 11.1. The summed E-state index contributed by atoms with van der Waals surface area (Å²) in [5, 5.41) is 21.2. The Balaban J connectivity index is 0.746. The first-order chi connectivity index (χ1) is 26.3. The number of aromatic hydroxyl groups is 1. The van der Waals surface area contributed by atoms with Gasteiger partial charge in [0.15, 0.2) is 5.82 Å². The molecule has 0 aliphatic carbocycles. The first-order valence-electron chi connectivity index (χ1n) is 18.4. The maximum atomic E-state index is 13.3. The van der Waals surface area contributed by atoms with Gasteiger partial charge in [0.1, 0.15) is 11.8 Å². The normalized spacial score (nSPS) is 22.8. The molecule has 9 rings (SSSR count). The number of para-hydroxylation sites is 1. The number of likely N-dealkylation sites (tertiary alicyclic amines) is 1. The van der Waals surface area contributed by atoms with Crippen LogP contribution in [0.25, 0.3) is 11.3 Å². The number of phenols is 1. The second kappa shape index (κ2) is 13.8. The van der Waals surface area contributed by atoms with Crippen molar-refractivity contribution in [2.75, 3.05) is 49.1 Å². The minimum atomic E-state index is -0.975. The predicted octanol–water partition coefficient (Wildman–Crippen LogP) is 3.16. The second-order valence-electron chi connectivity index (χ2n) is 14.4. The third-order valence-electron chi connectivity index (χ3n) is 11.1. The average molecular weight is 730 g/mol. The van der Waals surface area contributed by atoms with Crippen molar-refractivity contribution in [2.24, 2.45) is 4.99 Å². The van der Waals surface area contributed by atoms with E-state index in [1.165, 1.54) is 0 Å². The van der Waals surface area contributed by atoms with Crippen molar-refractivity contribution in [1.29, 1.82) is 0 Å². The number of carbonyl (C=O) groups is 4. The Labute approximate surface area is 311 Å². The number of hydrogen-bond acceptors (Lipinski definition) is 13. The number of aliphatic imine (C=N–C) groups is 1. The Morgan fingerprint density at radius 3 is 2.54 bits per heavy atom. The third kappa shape index (κ3) is 6.18. The van der Waals surface area contributed by atoms with Crippen LogP contribution in [0, 0.1) is 0 Å². The molecule has 3 fully saturated rings. The molecule has 0 bridgehead atoms. The molecule has 15 heteroatoms. The number of allylic oxidation sites excluding steroid dienone is 1. The van der Waals surface area contributed by atoms with Crippen LogP contribution in [0.2, 0.25) is 0 Å². The molecule has 6 aliphatic rings. The number of anilines is 2. The number of fused-ring (bicyclic) bond motifs is 4. The standard InChI is InChI=1S/C39H39N9O6/c49-34-4-2-1-3-29(34)31-20-33-36(43-42-31)40-21-26-23-46(15-16-47(26)33)25-9-12-44(22-25)17-18-54-27-10-13-45(14-11-27)24-5-6-28-30(19-24)39(53)48(38(28)52)32-7-8-35(50)41-37(32)51/h1-6,15-16,19-21,23,25,27,32,49H,7-14,17-18,22H2,(H,41,50,51). The van der Waals surface area contributed by atoms with E-state index in [1.54, 1.807) is 24.3 Å². The summed E-state index contributed by atoms with van der Waals surface area (Å²) in [5.74, 6) is -1.31. The van der Waals surface area contributed by atoms with E-state index < -0.39 is 29.7 Å². The second-order valence-corrected chi connectivity index (χ2v) is 14.4. The van der Waals surface area contributed by atoms with Crippen LogP contribution in [0.15, 0.2) is 77.8 Å². The smallest absolute Gasteiger partial charge is 0.262 e. The SMILES string of the molecule is O=C1CCC(N2C(=O)c3ccc(N4CCC(OCCN5CCC(N6C=CN7C(=C6)C=Nc6nnc(-c8ccccc8O)cc67)C5)CC4)cc3C2=O)C(=O)N1. The summed E-state index contributed by atoms with van der Waals surface area (Å²) in [7, 11) is 0. The lowest BCUT2D eigenvalue weighted by Crippen LogP contribution is -2.54. The number of ether oxygens (including phenoxy) is 1. The summed E-state index contributed by atoms with van der Waals surface area (Å²) in [5.41, 5.74) is 4.38. The van der Waals surface area contributed by atoms with Gasteiger partial charge in [-0.25, -0.2) is 4.99 Å². The highest BCUT2D eigenvalue weighted by Gasteiger charge is 2.45. The lowest BCUT2D eigenvalue weighted by Gasteiger charge is -2.34. The number of nitrogens with zero attached hydrogens (tertiary/aromatic N) is 8. The number of hydrogen-bond donors (Lipinski definition) is 2. The Kier molecular flexibility index (Phi) is 8.66. The van der Waals surface area contributed by atoms with Gasteiger partial charge in [0.05, 0.1) is 47.1 Å². The topological polar surface area (TPSA) is 164 Å². The van der Waals surface area contributed by atoms with Crippen molar-refractivity contribution in [3.63, 3.8) is 0 Å². The van der Waals surface area contributed by atoms with E-state index in [2.05, 4.69) is 47.6 Å². The summed E-state index contributed by atoms with van der Waals surface area (Å²) in [4.78, 5) is 64.9. The molecule has 2 aromatic carbocycles. The van der Waals surface area contributed by atoms with Gasteiger partial charge in [-0.15, -0.1) is 10.2 Å². The quantitative estimate of drug-likeness (QED) is 0.326. The number of amides is 4. The van der Waals surface area contributed by atoms with Gasteiger partial charge >= 0.3 is 0 Å². The molecule has 15 nitrogen and oxygen atoms in total. The molecular formula is C39H39N9O6. The van der Waals surface area contributed by atoms with Crippen LogP contribution in [0.1, 0.15) is 52.8 Å². The van der Waals surface area contributed by atoms with Gasteiger partial charge in [-0.05, 0) is 62.1 Å². The van der Waals surface area contributed by atoms with Crippen LogP contribution in [0.5, 0.6) is 5.75 Å². The van der Waals surface area contributed by atoms with Crippen molar-refractivity contribution in [1.82, 2.24) is 30.2 Å². The monoisotopic (exact) mass is 729 g/mol. The minimum absolute atomic E-state index is 0.0903. The maximum absolute atomic E-state index is 13.3. The fourth-order valence-electron chi connectivity index (χ4n) is 8.17. The van der Waals surface area contributed by atoms with Gasteiger partial charge in [0.2, 0.25) is 11.8 Å². The van der Waals surface area contributed by atoms with Gasteiger partial charge in [0, 0.05) is 75.0 Å². The van der Waals surface area contributed by atoms with Crippen molar-refractivity contribution in [2.45, 2.75) is 50.3 Å². The minimum Gasteiger partial charge on any atom is -0.507 e. The van der Waals surface area contributed by atoms with Gasteiger partial charge in [0.25, 0.3) is 11.8 Å². The molecule has 7 heterocycles.